The molecule has 0 aromatic heterocycles. The fraction of sp³-hybridized carbons (Fsp3) is 0.300. The van der Waals surface area contributed by atoms with Crippen LogP contribution in [0.3, 0.4) is 0 Å². The van der Waals surface area contributed by atoms with Crippen LogP contribution in [0.15, 0.2) is 42.5 Å². The van der Waals surface area contributed by atoms with E-state index in [1.54, 1.807) is 19.2 Å². The highest BCUT2D eigenvalue weighted by molar-refractivity contribution is 5.92. The third kappa shape index (κ3) is 4.59. The number of carbonyl (C=O) groups is 2. The van der Waals surface area contributed by atoms with Crippen molar-refractivity contribution in [2.75, 3.05) is 19.0 Å². The number of amides is 2. The van der Waals surface area contributed by atoms with Gasteiger partial charge >= 0.3 is 0 Å². The van der Waals surface area contributed by atoms with Gasteiger partial charge in [-0.3, -0.25) is 9.59 Å². The normalized spacial score (nSPS) is 12.4. The summed E-state index contributed by atoms with van der Waals surface area (Å²) >= 11 is 0. The Hall–Kier alpha value is -2.82. The second-order valence-corrected chi connectivity index (χ2v) is 6.17. The van der Waals surface area contributed by atoms with Gasteiger partial charge in [-0.25, -0.2) is 0 Å². The minimum absolute atomic E-state index is 0.0290. The highest BCUT2D eigenvalue weighted by Gasteiger charge is 2.12. The zero-order chi connectivity index (χ0) is 17.6. The fourth-order valence-electron chi connectivity index (χ4n) is 2.96. The molecule has 2 amide bonds. The molecular formula is C20H22N2O3. The number of carbonyl (C=O) groups excluding carboxylic acids is 2. The maximum atomic E-state index is 12.0. The van der Waals surface area contributed by atoms with Gasteiger partial charge in [0.15, 0.2) is 6.61 Å². The number of ether oxygens (including phenoxy) is 1. The minimum Gasteiger partial charge on any atom is -0.484 e. The lowest BCUT2D eigenvalue weighted by Crippen LogP contribution is -2.21. The molecule has 130 valence electrons. The molecule has 0 saturated carbocycles. The summed E-state index contributed by atoms with van der Waals surface area (Å²) in [5, 5.41) is 5.38. The van der Waals surface area contributed by atoms with Crippen LogP contribution >= 0.6 is 0 Å². The predicted molar refractivity (Wildman–Crippen MR) is 96.8 cm³/mol. The second kappa shape index (κ2) is 7.83. The molecule has 2 aromatic rings. The van der Waals surface area contributed by atoms with Crippen LogP contribution in [0.2, 0.25) is 0 Å². The average molecular weight is 338 g/mol. The molecule has 5 heteroatoms. The van der Waals surface area contributed by atoms with Crippen LogP contribution in [0.25, 0.3) is 0 Å². The van der Waals surface area contributed by atoms with E-state index >= 15 is 0 Å². The maximum Gasteiger partial charge on any atom is 0.262 e. The molecule has 2 N–H and O–H groups in total. The van der Waals surface area contributed by atoms with Gasteiger partial charge in [0.05, 0.1) is 6.42 Å². The van der Waals surface area contributed by atoms with Crippen molar-refractivity contribution in [2.45, 2.75) is 25.7 Å². The summed E-state index contributed by atoms with van der Waals surface area (Å²) in [5.74, 6) is 0.482. The van der Waals surface area contributed by atoms with Gasteiger partial charge in [0, 0.05) is 12.7 Å². The molecule has 0 fully saturated rings. The van der Waals surface area contributed by atoms with Gasteiger partial charge in [0.2, 0.25) is 5.91 Å². The van der Waals surface area contributed by atoms with Crippen LogP contribution in [0.5, 0.6) is 5.75 Å². The third-order valence-electron chi connectivity index (χ3n) is 4.32. The average Bonchev–Trinajstić information content (AvgIpc) is 3.09. The summed E-state index contributed by atoms with van der Waals surface area (Å²) in [6.07, 6.45) is 3.73. The molecule has 5 nitrogen and oxygen atoms in total. The van der Waals surface area contributed by atoms with E-state index in [1.165, 1.54) is 17.5 Å². The van der Waals surface area contributed by atoms with Crippen molar-refractivity contribution in [3.63, 3.8) is 0 Å². The van der Waals surface area contributed by atoms with Crippen molar-refractivity contribution in [3.8, 4) is 5.75 Å². The Morgan fingerprint density at radius 1 is 1.00 bits per heavy atom. The van der Waals surface area contributed by atoms with Crippen LogP contribution in [-0.2, 0) is 28.9 Å². The Labute approximate surface area is 147 Å². The van der Waals surface area contributed by atoms with Crippen molar-refractivity contribution >= 4 is 17.5 Å². The molecule has 0 spiro atoms. The lowest BCUT2D eigenvalue weighted by atomic mass is 10.1. The quantitative estimate of drug-likeness (QED) is 0.850. The molecule has 0 heterocycles. The van der Waals surface area contributed by atoms with E-state index in [-0.39, 0.29) is 18.4 Å². The van der Waals surface area contributed by atoms with E-state index < -0.39 is 0 Å². The van der Waals surface area contributed by atoms with E-state index in [0.29, 0.717) is 12.1 Å². The number of benzene rings is 2. The Kier molecular flexibility index (Phi) is 5.33. The van der Waals surface area contributed by atoms with Crippen LogP contribution in [0, 0.1) is 0 Å². The SMILES string of the molecule is CNC(=O)Cc1ccc(NC(=O)COc2ccc3c(c2)CCC3)cc1. The summed E-state index contributed by atoms with van der Waals surface area (Å²) in [7, 11) is 1.61. The number of nitrogens with one attached hydrogen (secondary N) is 2. The molecule has 0 saturated heterocycles. The number of rotatable bonds is 6. The second-order valence-electron chi connectivity index (χ2n) is 6.17. The number of hydrogen-bond donors (Lipinski definition) is 2. The van der Waals surface area contributed by atoms with Crippen LogP contribution in [0.1, 0.15) is 23.1 Å². The van der Waals surface area contributed by atoms with Gasteiger partial charge in [-0.05, 0) is 60.2 Å². The van der Waals surface area contributed by atoms with Crippen molar-refractivity contribution in [1.29, 1.82) is 0 Å². The number of likely N-dealkylation sites (N-methyl/N-ethyl adjacent to an activating group) is 1. The Bertz CT molecular complexity index is 769. The van der Waals surface area contributed by atoms with Crippen molar-refractivity contribution in [3.05, 3.63) is 59.2 Å². The third-order valence-corrected chi connectivity index (χ3v) is 4.32. The number of fused-ring (bicyclic) bond motifs is 1. The summed E-state index contributed by atoms with van der Waals surface area (Å²) in [6.45, 7) is -0.0290. The predicted octanol–water partition coefficient (Wildman–Crippen LogP) is 2.48. The van der Waals surface area contributed by atoms with Crippen LogP contribution in [0.4, 0.5) is 5.69 Å². The summed E-state index contributed by atoms with van der Waals surface area (Å²) < 4.78 is 5.59. The standard InChI is InChI=1S/C20H22N2O3/c1-21-19(23)11-14-5-8-17(9-6-14)22-20(24)13-25-18-10-7-15-3-2-4-16(15)12-18/h5-10,12H,2-4,11,13H2,1H3,(H,21,23)(H,22,24). The van der Waals surface area contributed by atoms with Crippen LogP contribution in [-0.4, -0.2) is 25.5 Å². The van der Waals surface area contributed by atoms with Gasteiger partial charge in [-0.15, -0.1) is 0 Å². The Morgan fingerprint density at radius 3 is 2.52 bits per heavy atom. The summed E-state index contributed by atoms with van der Waals surface area (Å²) in [4.78, 5) is 23.4. The number of anilines is 1. The van der Waals surface area contributed by atoms with Crippen molar-refractivity contribution in [2.24, 2.45) is 0 Å². The Morgan fingerprint density at radius 2 is 1.76 bits per heavy atom. The Balaban J connectivity index is 1.50. The zero-order valence-corrected chi connectivity index (χ0v) is 14.3. The van der Waals surface area contributed by atoms with E-state index in [4.69, 9.17) is 4.74 Å². The first kappa shape index (κ1) is 17.0. The molecule has 0 atom stereocenters. The van der Waals surface area contributed by atoms with Crippen molar-refractivity contribution in [1.82, 2.24) is 5.32 Å². The molecule has 2 aromatic carbocycles. The highest BCUT2D eigenvalue weighted by atomic mass is 16.5. The topological polar surface area (TPSA) is 67.4 Å². The molecule has 0 radical (unpaired) electrons. The first-order chi connectivity index (χ1) is 12.1. The van der Waals surface area contributed by atoms with Gasteiger partial charge in [-0.2, -0.15) is 0 Å². The zero-order valence-electron chi connectivity index (χ0n) is 14.3. The molecule has 0 aliphatic heterocycles. The maximum absolute atomic E-state index is 12.0. The van der Waals surface area contributed by atoms with Gasteiger partial charge < -0.3 is 15.4 Å². The molecule has 1 aliphatic rings. The fourth-order valence-corrected chi connectivity index (χ4v) is 2.96. The lowest BCUT2D eigenvalue weighted by molar-refractivity contribution is -0.120. The summed E-state index contributed by atoms with van der Waals surface area (Å²) in [5.41, 5.74) is 4.29. The molecule has 0 bridgehead atoms. The van der Waals surface area contributed by atoms with E-state index in [0.717, 1.165) is 24.2 Å². The number of hydrogen-bond acceptors (Lipinski definition) is 3. The first-order valence-corrected chi connectivity index (χ1v) is 8.48. The van der Waals surface area contributed by atoms with Crippen LogP contribution < -0.4 is 15.4 Å². The molecule has 3 rings (SSSR count). The minimum atomic E-state index is -0.209. The van der Waals surface area contributed by atoms with E-state index in [2.05, 4.69) is 16.7 Å². The molecular weight excluding hydrogens is 316 g/mol. The van der Waals surface area contributed by atoms with E-state index in [9.17, 15) is 9.59 Å². The molecule has 1 aliphatic carbocycles. The van der Waals surface area contributed by atoms with Gasteiger partial charge in [-0.1, -0.05) is 18.2 Å². The van der Waals surface area contributed by atoms with E-state index in [1.807, 2.05) is 24.3 Å². The summed E-state index contributed by atoms with van der Waals surface area (Å²) in [6, 6.07) is 13.3. The van der Waals surface area contributed by atoms with Crippen molar-refractivity contribution < 1.29 is 14.3 Å². The van der Waals surface area contributed by atoms with Gasteiger partial charge in [0.1, 0.15) is 5.75 Å². The van der Waals surface area contributed by atoms with Gasteiger partial charge in [0.25, 0.3) is 5.91 Å². The lowest BCUT2D eigenvalue weighted by Gasteiger charge is -2.09. The molecule has 0 unspecified atom stereocenters. The smallest absolute Gasteiger partial charge is 0.262 e. The monoisotopic (exact) mass is 338 g/mol. The first-order valence-electron chi connectivity index (χ1n) is 8.48. The molecule has 25 heavy (non-hydrogen) atoms. The largest absolute Gasteiger partial charge is 0.484 e. The highest BCUT2D eigenvalue weighted by Crippen LogP contribution is 2.26. The number of aryl methyl sites for hydroxylation is 2.